The highest BCUT2D eigenvalue weighted by atomic mass is 14.2. The fraction of sp³-hybridized carbons (Fsp3) is 0.300. The van der Waals surface area contributed by atoms with Crippen molar-refractivity contribution in [3.63, 3.8) is 0 Å². The van der Waals surface area contributed by atoms with Crippen LogP contribution in [0.25, 0.3) is 0 Å². The molecule has 0 N–H and O–H groups in total. The highest BCUT2D eigenvalue weighted by Crippen LogP contribution is 2.05. The maximum Gasteiger partial charge on any atom is 0.0985 e. The van der Waals surface area contributed by atoms with Crippen molar-refractivity contribution < 1.29 is 0 Å². The van der Waals surface area contributed by atoms with E-state index in [1.165, 1.54) is 0 Å². The lowest BCUT2D eigenvalue weighted by atomic mass is 10.1. The van der Waals surface area contributed by atoms with Crippen molar-refractivity contribution >= 4 is 0 Å². The number of hydrogen-bond donors (Lipinski definition) is 0. The van der Waals surface area contributed by atoms with Crippen LogP contribution in [0.1, 0.15) is 13.3 Å². The summed E-state index contributed by atoms with van der Waals surface area (Å²) >= 11 is 0. The van der Waals surface area contributed by atoms with E-state index in [-0.39, 0.29) is 0 Å². The van der Waals surface area contributed by atoms with Crippen LogP contribution in [0.4, 0.5) is 0 Å². The van der Waals surface area contributed by atoms with E-state index < -0.39 is 0 Å². The Morgan fingerprint density at radius 1 is 1.73 bits per heavy atom. The molecule has 11 heavy (non-hydrogen) atoms. The summed E-state index contributed by atoms with van der Waals surface area (Å²) in [5.41, 5.74) is 0.501. The second-order valence-electron chi connectivity index (χ2n) is 2.50. The standard InChI is InChI=1S/C10H13N/c1-4-5-9(2)6-7-10(3)8-11/h4,6-7,9H,1,3,5H2,2H3/b7-6-/t9-/m1/s1. The Morgan fingerprint density at radius 2 is 2.36 bits per heavy atom. The van der Waals surface area contributed by atoms with Crippen molar-refractivity contribution in [1.29, 1.82) is 5.26 Å². The van der Waals surface area contributed by atoms with Crippen LogP contribution in [0.3, 0.4) is 0 Å². The van der Waals surface area contributed by atoms with Gasteiger partial charge in [0, 0.05) is 5.57 Å². The first-order chi connectivity index (χ1) is 5.20. The van der Waals surface area contributed by atoms with E-state index in [9.17, 15) is 0 Å². The largest absolute Gasteiger partial charge is 0.192 e. The molecule has 0 saturated heterocycles. The molecule has 0 radical (unpaired) electrons. The molecule has 0 bridgehead atoms. The Morgan fingerprint density at radius 3 is 2.82 bits per heavy atom. The van der Waals surface area contributed by atoms with Crippen molar-refractivity contribution in [2.45, 2.75) is 13.3 Å². The van der Waals surface area contributed by atoms with Gasteiger partial charge in [-0.2, -0.15) is 5.26 Å². The molecular weight excluding hydrogens is 134 g/mol. The number of allylic oxidation sites excluding steroid dienone is 4. The van der Waals surface area contributed by atoms with Crippen LogP contribution in [0.5, 0.6) is 0 Å². The third kappa shape index (κ3) is 5.17. The van der Waals surface area contributed by atoms with E-state index >= 15 is 0 Å². The quantitative estimate of drug-likeness (QED) is 0.341. The van der Waals surface area contributed by atoms with Crippen LogP contribution < -0.4 is 0 Å². The molecule has 0 amide bonds. The first-order valence-corrected chi connectivity index (χ1v) is 3.58. The Kier molecular flexibility index (Phi) is 4.85. The molecule has 0 rings (SSSR count). The van der Waals surface area contributed by atoms with Gasteiger partial charge in [-0.3, -0.25) is 0 Å². The molecule has 0 aliphatic heterocycles. The zero-order chi connectivity index (χ0) is 8.69. The lowest BCUT2D eigenvalue weighted by Crippen LogP contribution is -1.85. The highest BCUT2D eigenvalue weighted by molar-refractivity contribution is 5.29. The van der Waals surface area contributed by atoms with Crippen molar-refractivity contribution in [3.05, 3.63) is 37.0 Å². The number of nitriles is 1. The average molecular weight is 147 g/mol. The molecular formula is C10H13N. The van der Waals surface area contributed by atoms with Gasteiger partial charge in [0.05, 0.1) is 6.07 Å². The Balaban J connectivity index is 3.83. The molecule has 0 aromatic heterocycles. The highest BCUT2D eigenvalue weighted by Gasteiger charge is 1.91. The second-order valence-corrected chi connectivity index (χ2v) is 2.50. The molecule has 1 heteroatoms. The lowest BCUT2D eigenvalue weighted by molar-refractivity contribution is 0.745. The first-order valence-electron chi connectivity index (χ1n) is 3.58. The van der Waals surface area contributed by atoms with Gasteiger partial charge in [0.2, 0.25) is 0 Å². The molecule has 0 heterocycles. The zero-order valence-corrected chi connectivity index (χ0v) is 6.88. The minimum atomic E-state index is 0.442. The molecule has 0 aliphatic carbocycles. The summed E-state index contributed by atoms with van der Waals surface area (Å²) in [6.45, 7) is 9.23. The van der Waals surface area contributed by atoms with Gasteiger partial charge in [-0.15, -0.1) is 6.58 Å². The van der Waals surface area contributed by atoms with Crippen LogP contribution in [0.15, 0.2) is 37.0 Å². The molecule has 58 valence electrons. The van der Waals surface area contributed by atoms with Gasteiger partial charge in [-0.25, -0.2) is 0 Å². The average Bonchev–Trinajstić information content (AvgIpc) is 2.01. The summed E-state index contributed by atoms with van der Waals surface area (Å²) < 4.78 is 0. The summed E-state index contributed by atoms with van der Waals surface area (Å²) in [5, 5.41) is 8.36. The molecule has 1 atom stereocenters. The molecule has 0 aliphatic rings. The Hall–Kier alpha value is -1.29. The third-order valence-corrected chi connectivity index (χ3v) is 1.31. The maximum absolute atomic E-state index is 8.36. The van der Waals surface area contributed by atoms with Gasteiger partial charge in [-0.1, -0.05) is 25.7 Å². The number of hydrogen-bond acceptors (Lipinski definition) is 1. The summed E-state index contributed by atoms with van der Waals surface area (Å²) in [6, 6.07) is 1.96. The van der Waals surface area contributed by atoms with E-state index in [0.29, 0.717) is 11.5 Å². The lowest BCUT2D eigenvalue weighted by Gasteiger charge is -1.98. The van der Waals surface area contributed by atoms with E-state index in [4.69, 9.17) is 5.26 Å². The van der Waals surface area contributed by atoms with Gasteiger partial charge in [0.25, 0.3) is 0 Å². The minimum absolute atomic E-state index is 0.442. The summed E-state index contributed by atoms with van der Waals surface area (Å²) in [4.78, 5) is 0. The number of rotatable bonds is 4. The van der Waals surface area contributed by atoms with E-state index in [1.54, 1.807) is 6.08 Å². The van der Waals surface area contributed by atoms with E-state index in [0.717, 1.165) is 6.42 Å². The van der Waals surface area contributed by atoms with Crippen LogP contribution in [-0.4, -0.2) is 0 Å². The Bertz CT molecular complexity index is 205. The first kappa shape index (κ1) is 9.71. The van der Waals surface area contributed by atoms with Gasteiger partial charge >= 0.3 is 0 Å². The van der Waals surface area contributed by atoms with E-state index in [1.807, 2.05) is 18.2 Å². The smallest absolute Gasteiger partial charge is 0.0985 e. The van der Waals surface area contributed by atoms with Crippen molar-refractivity contribution in [1.82, 2.24) is 0 Å². The maximum atomic E-state index is 8.36. The zero-order valence-electron chi connectivity index (χ0n) is 6.88. The molecule has 0 saturated carbocycles. The predicted octanol–water partition coefficient (Wildman–Crippen LogP) is 2.83. The summed E-state index contributed by atoms with van der Waals surface area (Å²) in [7, 11) is 0. The fourth-order valence-electron chi connectivity index (χ4n) is 0.659. The Labute approximate surface area is 68.3 Å². The van der Waals surface area contributed by atoms with Gasteiger partial charge in [-0.05, 0) is 18.4 Å². The van der Waals surface area contributed by atoms with Gasteiger partial charge in [0.15, 0.2) is 0 Å². The summed E-state index contributed by atoms with van der Waals surface area (Å²) in [5.74, 6) is 0.442. The SMILES string of the molecule is C=CC[C@@H](C)/C=C\C(=C)C#N. The molecule has 0 aromatic rings. The second kappa shape index (κ2) is 5.49. The molecule has 0 fully saturated rings. The van der Waals surface area contributed by atoms with E-state index in [2.05, 4.69) is 20.1 Å². The van der Waals surface area contributed by atoms with Crippen molar-refractivity contribution in [3.8, 4) is 6.07 Å². The van der Waals surface area contributed by atoms with Crippen LogP contribution in [0, 0.1) is 17.2 Å². The van der Waals surface area contributed by atoms with Crippen molar-refractivity contribution in [2.75, 3.05) is 0 Å². The predicted molar refractivity (Wildman–Crippen MR) is 47.9 cm³/mol. The monoisotopic (exact) mass is 147 g/mol. The van der Waals surface area contributed by atoms with Crippen LogP contribution >= 0.6 is 0 Å². The normalized spacial score (nSPS) is 12.4. The van der Waals surface area contributed by atoms with Crippen molar-refractivity contribution in [2.24, 2.45) is 5.92 Å². The third-order valence-electron chi connectivity index (χ3n) is 1.31. The molecule has 1 nitrogen and oxygen atoms in total. The minimum Gasteiger partial charge on any atom is -0.192 e. The van der Waals surface area contributed by atoms with Gasteiger partial charge < -0.3 is 0 Å². The topological polar surface area (TPSA) is 23.8 Å². The summed E-state index contributed by atoms with van der Waals surface area (Å²) in [6.07, 6.45) is 6.51. The fourth-order valence-corrected chi connectivity index (χ4v) is 0.659. The molecule has 0 unspecified atom stereocenters. The number of nitrogens with zero attached hydrogens (tertiary/aromatic N) is 1. The molecule has 0 aromatic carbocycles. The molecule has 0 spiro atoms. The van der Waals surface area contributed by atoms with Gasteiger partial charge in [0.1, 0.15) is 0 Å². The van der Waals surface area contributed by atoms with Crippen LogP contribution in [0.2, 0.25) is 0 Å². The van der Waals surface area contributed by atoms with Crippen LogP contribution in [-0.2, 0) is 0 Å².